The van der Waals surface area contributed by atoms with Gasteiger partial charge in [0.15, 0.2) is 0 Å². The Morgan fingerprint density at radius 2 is 1.83 bits per heavy atom. The number of benzene rings is 2. The number of nitrogens with one attached hydrogen (secondary N) is 1. The van der Waals surface area contributed by atoms with Crippen molar-refractivity contribution in [3.8, 4) is 16.9 Å². The number of ether oxygens (including phenoxy) is 2. The van der Waals surface area contributed by atoms with Crippen LogP contribution >= 0.6 is 0 Å². The van der Waals surface area contributed by atoms with Crippen molar-refractivity contribution in [1.29, 1.82) is 0 Å². The van der Waals surface area contributed by atoms with E-state index in [1.54, 1.807) is 0 Å². The smallest absolute Gasteiger partial charge is 0.252 e. The molecule has 2 heterocycles. The highest BCUT2D eigenvalue weighted by atomic mass is 16.5. The van der Waals surface area contributed by atoms with Gasteiger partial charge in [-0.2, -0.15) is 0 Å². The van der Waals surface area contributed by atoms with Crippen LogP contribution in [-0.4, -0.2) is 25.2 Å². The third-order valence-electron chi connectivity index (χ3n) is 4.70. The van der Waals surface area contributed by atoms with Crippen LogP contribution in [0, 0.1) is 6.92 Å². The highest BCUT2D eigenvalue weighted by Gasteiger charge is 2.22. The first kappa shape index (κ1) is 15.2. The summed E-state index contributed by atoms with van der Waals surface area (Å²) in [5, 5.41) is 3.00. The zero-order valence-electron chi connectivity index (χ0n) is 13.8. The molecule has 2 aliphatic rings. The van der Waals surface area contributed by atoms with Gasteiger partial charge in [0.25, 0.3) is 5.91 Å². The van der Waals surface area contributed by atoms with Crippen molar-refractivity contribution in [2.45, 2.75) is 32.4 Å². The Kier molecular flexibility index (Phi) is 3.98. The molecule has 1 N–H and O–H groups in total. The Morgan fingerprint density at radius 1 is 1.04 bits per heavy atom. The lowest BCUT2D eigenvalue weighted by atomic mass is 9.95. The van der Waals surface area contributed by atoms with Crippen LogP contribution in [0.1, 0.15) is 34.3 Å². The summed E-state index contributed by atoms with van der Waals surface area (Å²) in [5.74, 6) is 0.711. The Hall–Kier alpha value is -2.33. The maximum atomic E-state index is 12.5. The molecule has 0 spiro atoms. The molecule has 0 saturated carbocycles. The fraction of sp³-hybridized carbons (Fsp3) is 0.350. The molecule has 0 bridgehead atoms. The Bertz CT molecular complexity index is 778. The van der Waals surface area contributed by atoms with E-state index in [0.29, 0.717) is 12.1 Å². The minimum absolute atomic E-state index is 0.0451. The number of amides is 1. The molecule has 1 saturated heterocycles. The first-order valence-corrected chi connectivity index (χ1v) is 8.47. The Morgan fingerprint density at radius 3 is 2.67 bits per heavy atom. The summed E-state index contributed by atoms with van der Waals surface area (Å²) in [4.78, 5) is 12.5. The average molecular weight is 323 g/mol. The van der Waals surface area contributed by atoms with Crippen LogP contribution in [0.3, 0.4) is 0 Å². The zero-order valence-corrected chi connectivity index (χ0v) is 13.8. The van der Waals surface area contributed by atoms with E-state index >= 15 is 0 Å². The van der Waals surface area contributed by atoms with Crippen molar-refractivity contribution in [2.75, 3.05) is 13.2 Å². The molecule has 4 rings (SSSR count). The summed E-state index contributed by atoms with van der Waals surface area (Å²) >= 11 is 0. The molecule has 0 atom stereocenters. The zero-order chi connectivity index (χ0) is 16.5. The van der Waals surface area contributed by atoms with E-state index in [9.17, 15) is 4.79 Å². The van der Waals surface area contributed by atoms with Crippen molar-refractivity contribution in [1.82, 2.24) is 5.32 Å². The summed E-state index contributed by atoms with van der Waals surface area (Å²) in [6.07, 6.45) is 1.96. The van der Waals surface area contributed by atoms with Crippen molar-refractivity contribution < 1.29 is 14.3 Å². The molecule has 2 aromatic rings. The summed E-state index contributed by atoms with van der Waals surface area (Å²) in [5.41, 5.74) is 5.12. The van der Waals surface area contributed by atoms with Gasteiger partial charge in [0.2, 0.25) is 0 Å². The minimum atomic E-state index is -0.0451. The summed E-state index contributed by atoms with van der Waals surface area (Å²) in [7, 11) is 0. The molecule has 24 heavy (non-hydrogen) atoms. The molecule has 4 nitrogen and oxygen atoms in total. The van der Waals surface area contributed by atoms with Crippen LogP contribution in [0.5, 0.6) is 5.75 Å². The van der Waals surface area contributed by atoms with Gasteiger partial charge in [-0.05, 0) is 41.8 Å². The van der Waals surface area contributed by atoms with Crippen molar-refractivity contribution in [3.05, 3.63) is 53.1 Å². The fourth-order valence-electron chi connectivity index (χ4n) is 3.41. The summed E-state index contributed by atoms with van der Waals surface area (Å²) in [6.45, 7) is 4.10. The molecule has 0 aromatic heterocycles. The number of rotatable bonds is 2. The van der Waals surface area contributed by atoms with Gasteiger partial charge in [0.05, 0.1) is 18.8 Å². The average Bonchev–Trinajstić information content (AvgIpc) is 2.73. The SMILES string of the molecule is Cc1ccc2c(c1)CNC(=O)c1cc(OC3CCOCC3)ccc1-2. The summed E-state index contributed by atoms with van der Waals surface area (Å²) in [6, 6.07) is 12.2. The molecule has 4 heteroatoms. The topological polar surface area (TPSA) is 47.6 Å². The van der Waals surface area contributed by atoms with E-state index in [1.807, 2.05) is 18.2 Å². The normalized spacial score (nSPS) is 17.5. The van der Waals surface area contributed by atoms with E-state index < -0.39 is 0 Å². The van der Waals surface area contributed by atoms with E-state index in [-0.39, 0.29) is 12.0 Å². The number of hydrogen-bond donors (Lipinski definition) is 1. The third kappa shape index (κ3) is 2.89. The van der Waals surface area contributed by atoms with Crippen molar-refractivity contribution >= 4 is 5.91 Å². The number of aryl methyl sites for hydroxylation is 1. The van der Waals surface area contributed by atoms with Crippen molar-refractivity contribution in [3.63, 3.8) is 0 Å². The molecule has 0 unspecified atom stereocenters. The lowest BCUT2D eigenvalue weighted by Crippen LogP contribution is -2.26. The first-order valence-electron chi connectivity index (χ1n) is 8.47. The van der Waals surface area contributed by atoms with E-state index in [2.05, 4.69) is 30.4 Å². The maximum Gasteiger partial charge on any atom is 0.252 e. The fourth-order valence-corrected chi connectivity index (χ4v) is 3.41. The lowest BCUT2D eigenvalue weighted by Gasteiger charge is -2.23. The predicted octanol–water partition coefficient (Wildman–Crippen LogP) is 3.46. The molecule has 2 aliphatic heterocycles. The van der Waals surface area contributed by atoms with Gasteiger partial charge < -0.3 is 14.8 Å². The number of hydrogen-bond acceptors (Lipinski definition) is 3. The van der Waals surface area contributed by atoms with Crippen LogP contribution in [0.15, 0.2) is 36.4 Å². The lowest BCUT2D eigenvalue weighted by molar-refractivity contribution is 0.0255. The Balaban J connectivity index is 1.70. The molecule has 124 valence electrons. The van der Waals surface area contributed by atoms with E-state index in [1.165, 1.54) is 5.56 Å². The van der Waals surface area contributed by atoms with E-state index in [4.69, 9.17) is 9.47 Å². The standard InChI is InChI=1S/C20H21NO3/c1-13-2-4-17-14(10-13)12-21-20(22)19-11-16(3-5-18(17)19)24-15-6-8-23-9-7-15/h2-5,10-11,15H,6-9,12H2,1H3,(H,21,22). The van der Waals surface area contributed by atoms with E-state index in [0.717, 1.165) is 48.5 Å². The third-order valence-corrected chi connectivity index (χ3v) is 4.70. The van der Waals surface area contributed by atoms with Gasteiger partial charge in [-0.3, -0.25) is 4.79 Å². The molecule has 1 amide bonds. The number of fused-ring (bicyclic) bond motifs is 3. The van der Waals surface area contributed by atoms with Crippen molar-refractivity contribution in [2.24, 2.45) is 0 Å². The van der Waals surface area contributed by atoms with Gasteiger partial charge in [0.1, 0.15) is 11.9 Å². The van der Waals surface area contributed by atoms with Crippen LogP contribution in [-0.2, 0) is 11.3 Å². The minimum Gasteiger partial charge on any atom is -0.490 e. The first-order chi connectivity index (χ1) is 11.7. The molecule has 0 aliphatic carbocycles. The van der Waals surface area contributed by atoms with Crippen LogP contribution < -0.4 is 10.1 Å². The van der Waals surface area contributed by atoms with Gasteiger partial charge in [-0.1, -0.05) is 23.8 Å². The highest BCUT2D eigenvalue weighted by molar-refractivity contribution is 6.02. The highest BCUT2D eigenvalue weighted by Crippen LogP contribution is 2.33. The number of carbonyl (C=O) groups is 1. The van der Waals surface area contributed by atoms with Gasteiger partial charge >= 0.3 is 0 Å². The van der Waals surface area contributed by atoms with Crippen LogP contribution in [0.25, 0.3) is 11.1 Å². The number of carbonyl (C=O) groups excluding carboxylic acids is 1. The molecule has 2 aromatic carbocycles. The van der Waals surface area contributed by atoms with Gasteiger partial charge in [-0.15, -0.1) is 0 Å². The largest absolute Gasteiger partial charge is 0.490 e. The monoisotopic (exact) mass is 323 g/mol. The second kappa shape index (κ2) is 6.29. The second-order valence-corrected chi connectivity index (χ2v) is 6.48. The molecular formula is C20H21NO3. The van der Waals surface area contributed by atoms with Crippen LogP contribution in [0.2, 0.25) is 0 Å². The second-order valence-electron chi connectivity index (χ2n) is 6.48. The van der Waals surface area contributed by atoms with Crippen LogP contribution in [0.4, 0.5) is 0 Å². The maximum absolute atomic E-state index is 12.5. The molecular weight excluding hydrogens is 302 g/mol. The summed E-state index contributed by atoms with van der Waals surface area (Å²) < 4.78 is 11.4. The van der Waals surface area contributed by atoms with Gasteiger partial charge in [0, 0.05) is 19.4 Å². The molecule has 1 fully saturated rings. The quantitative estimate of drug-likeness (QED) is 0.920. The van der Waals surface area contributed by atoms with Gasteiger partial charge in [-0.25, -0.2) is 0 Å². The predicted molar refractivity (Wildman–Crippen MR) is 92.3 cm³/mol. The Labute approximate surface area is 141 Å². The molecule has 0 radical (unpaired) electrons.